The van der Waals surface area contributed by atoms with Crippen molar-refractivity contribution in [2.24, 2.45) is 0 Å². The number of hydrogen-bond acceptors (Lipinski definition) is 3. The second-order valence-corrected chi connectivity index (χ2v) is 13.7. The minimum atomic E-state index is -0.875. The van der Waals surface area contributed by atoms with Gasteiger partial charge in [-0.05, 0) is 64.2 Å². The molecule has 0 aromatic carbocycles. The number of hydrogen-bond donors (Lipinski definition) is 3. The number of nitrogens with one attached hydrogen (secondary N) is 1. The van der Waals surface area contributed by atoms with Gasteiger partial charge in [0.2, 0.25) is 5.91 Å². The van der Waals surface area contributed by atoms with E-state index in [1.165, 1.54) is 109 Å². The van der Waals surface area contributed by atoms with Crippen LogP contribution in [-0.2, 0) is 4.79 Å². The van der Waals surface area contributed by atoms with Crippen LogP contribution in [0.2, 0.25) is 0 Å². The van der Waals surface area contributed by atoms with Crippen molar-refractivity contribution in [2.45, 2.75) is 206 Å². The molecule has 2 unspecified atom stereocenters. The molecule has 4 nitrogen and oxygen atoms in total. The van der Waals surface area contributed by atoms with Gasteiger partial charge in [-0.2, -0.15) is 0 Å². The van der Waals surface area contributed by atoms with Gasteiger partial charge in [0, 0.05) is 6.42 Å². The van der Waals surface area contributed by atoms with E-state index in [0.29, 0.717) is 6.42 Å². The maximum Gasteiger partial charge on any atom is 0.220 e. The lowest BCUT2D eigenvalue weighted by Gasteiger charge is -2.19. The Morgan fingerprint density at radius 2 is 0.938 bits per heavy atom. The number of aliphatic hydroxyl groups excluding tert-OH is 2. The van der Waals surface area contributed by atoms with E-state index in [2.05, 4.69) is 67.8 Å². The fourth-order valence-corrected chi connectivity index (χ4v) is 5.85. The molecular weight excluding hydrogens is 590 g/mol. The Kier molecular flexibility index (Phi) is 38.0. The zero-order valence-electron chi connectivity index (χ0n) is 31.7. The Morgan fingerprint density at radius 3 is 1.46 bits per heavy atom. The quantitative estimate of drug-likeness (QED) is 0.0459. The fraction of sp³-hybridized carbons (Fsp3) is 0.750. The van der Waals surface area contributed by atoms with Crippen molar-refractivity contribution in [3.63, 3.8) is 0 Å². The summed E-state index contributed by atoms with van der Waals surface area (Å²) in [7, 11) is 0. The van der Waals surface area contributed by atoms with E-state index in [9.17, 15) is 15.0 Å². The van der Waals surface area contributed by atoms with Crippen molar-refractivity contribution in [1.82, 2.24) is 5.32 Å². The molecule has 0 aliphatic rings. The predicted octanol–water partition coefficient (Wildman–Crippen LogP) is 12.6. The summed E-state index contributed by atoms with van der Waals surface area (Å²) in [6.45, 7) is 4.16. The summed E-state index contributed by atoms with van der Waals surface area (Å²) >= 11 is 0. The first-order valence-corrected chi connectivity index (χ1v) is 20.5. The number of allylic oxidation sites excluding steroid dienone is 9. The molecule has 0 radical (unpaired) electrons. The highest BCUT2D eigenvalue weighted by Gasteiger charge is 2.17. The zero-order valence-corrected chi connectivity index (χ0v) is 31.7. The summed E-state index contributed by atoms with van der Waals surface area (Å²) < 4.78 is 0. The third-order valence-corrected chi connectivity index (χ3v) is 8.98. The number of amides is 1. The normalized spacial score (nSPS) is 13.7. The molecule has 0 aliphatic heterocycles. The Bertz CT molecular complexity index is 812. The second kappa shape index (κ2) is 39.5. The Hall–Kier alpha value is -1.91. The molecule has 0 fully saturated rings. The van der Waals surface area contributed by atoms with Crippen molar-refractivity contribution in [2.75, 3.05) is 6.61 Å². The average Bonchev–Trinajstić information content (AvgIpc) is 3.09. The Balaban J connectivity index is 3.65. The van der Waals surface area contributed by atoms with Gasteiger partial charge in [0.1, 0.15) is 0 Å². The molecule has 0 aromatic heterocycles. The predicted molar refractivity (Wildman–Crippen MR) is 211 cm³/mol. The molecule has 0 spiro atoms. The average molecular weight is 670 g/mol. The lowest BCUT2D eigenvalue weighted by atomic mass is 10.0. The SMILES string of the molecule is CC/C=C\C/C=C\C/C=C\CCCCCC(=O)NC(CO)C(O)/C=C/CC/C=C/CCCCCCCCCCCCCCCCCCC. The summed E-state index contributed by atoms with van der Waals surface area (Å²) in [5.74, 6) is -0.105. The van der Waals surface area contributed by atoms with Gasteiger partial charge in [0.15, 0.2) is 0 Å². The molecule has 2 atom stereocenters. The lowest BCUT2D eigenvalue weighted by molar-refractivity contribution is -0.123. The Morgan fingerprint density at radius 1 is 0.521 bits per heavy atom. The van der Waals surface area contributed by atoms with Crippen LogP contribution in [0.25, 0.3) is 0 Å². The number of carbonyl (C=O) groups excluding carboxylic acids is 1. The molecule has 0 saturated heterocycles. The summed E-state index contributed by atoms with van der Waals surface area (Å²) in [6.07, 6.45) is 54.7. The molecule has 0 saturated carbocycles. The molecule has 0 bridgehead atoms. The van der Waals surface area contributed by atoms with Crippen LogP contribution in [0.3, 0.4) is 0 Å². The maximum absolute atomic E-state index is 12.3. The van der Waals surface area contributed by atoms with Crippen LogP contribution < -0.4 is 5.32 Å². The van der Waals surface area contributed by atoms with Gasteiger partial charge in [-0.15, -0.1) is 0 Å². The smallest absolute Gasteiger partial charge is 0.220 e. The number of unbranched alkanes of at least 4 members (excludes halogenated alkanes) is 21. The molecule has 278 valence electrons. The monoisotopic (exact) mass is 670 g/mol. The van der Waals surface area contributed by atoms with Crippen LogP contribution in [0.15, 0.2) is 60.8 Å². The molecular formula is C44H79NO3. The van der Waals surface area contributed by atoms with Crippen molar-refractivity contribution >= 4 is 5.91 Å². The zero-order chi connectivity index (χ0) is 35.0. The molecule has 0 rings (SSSR count). The molecule has 3 N–H and O–H groups in total. The minimum absolute atomic E-state index is 0.105. The van der Waals surface area contributed by atoms with Gasteiger partial charge in [0.05, 0.1) is 18.8 Å². The van der Waals surface area contributed by atoms with Crippen LogP contribution in [0.5, 0.6) is 0 Å². The lowest BCUT2D eigenvalue weighted by Crippen LogP contribution is -2.45. The van der Waals surface area contributed by atoms with Crippen molar-refractivity contribution in [1.29, 1.82) is 0 Å². The maximum atomic E-state index is 12.3. The van der Waals surface area contributed by atoms with Crippen molar-refractivity contribution in [3.8, 4) is 0 Å². The first-order valence-electron chi connectivity index (χ1n) is 20.5. The molecule has 0 aromatic rings. The topological polar surface area (TPSA) is 69.6 Å². The molecule has 0 heterocycles. The van der Waals surface area contributed by atoms with E-state index < -0.39 is 12.1 Å². The van der Waals surface area contributed by atoms with Crippen LogP contribution in [0.1, 0.15) is 194 Å². The molecule has 4 heteroatoms. The highest BCUT2D eigenvalue weighted by molar-refractivity contribution is 5.76. The van der Waals surface area contributed by atoms with Crippen molar-refractivity contribution in [3.05, 3.63) is 60.8 Å². The first-order chi connectivity index (χ1) is 23.7. The van der Waals surface area contributed by atoms with E-state index in [1.807, 2.05) is 6.08 Å². The summed E-state index contributed by atoms with van der Waals surface area (Å²) in [5, 5.41) is 22.9. The van der Waals surface area contributed by atoms with Gasteiger partial charge < -0.3 is 15.5 Å². The third kappa shape index (κ3) is 35.4. The summed E-state index contributed by atoms with van der Waals surface area (Å²) in [5.41, 5.74) is 0. The van der Waals surface area contributed by atoms with Crippen LogP contribution in [-0.4, -0.2) is 34.9 Å². The first kappa shape index (κ1) is 46.1. The van der Waals surface area contributed by atoms with Crippen LogP contribution in [0.4, 0.5) is 0 Å². The number of carbonyl (C=O) groups is 1. The summed E-state index contributed by atoms with van der Waals surface area (Å²) in [6, 6.07) is -0.655. The van der Waals surface area contributed by atoms with Crippen LogP contribution in [0, 0.1) is 0 Å². The van der Waals surface area contributed by atoms with Gasteiger partial charge in [-0.25, -0.2) is 0 Å². The highest BCUT2D eigenvalue weighted by Crippen LogP contribution is 2.14. The molecule has 1 amide bonds. The molecule has 48 heavy (non-hydrogen) atoms. The standard InChI is InChI=1S/C44H79NO3/c1-3-5-7-9-11-13-15-17-18-19-20-21-22-23-24-25-26-28-29-31-33-35-37-39-43(47)42(41-46)45-44(48)40-38-36-34-32-30-27-16-14-12-10-8-6-4-2/h6,8,12,14,27,29-31,37,39,42-43,46-47H,3-5,7,9-11,13,15-26,28,32-36,38,40-41H2,1-2H3,(H,45,48)/b8-6-,14-12-,30-27-,31-29+,39-37+. The second-order valence-electron chi connectivity index (χ2n) is 13.7. The van der Waals surface area contributed by atoms with Crippen LogP contribution >= 0.6 is 0 Å². The van der Waals surface area contributed by atoms with Gasteiger partial charge in [0.25, 0.3) is 0 Å². The van der Waals surface area contributed by atoms with Gasteiger partial charge in [-0.3, -0.25) is 4.79 Å². The van der Waals surface area contributed by atoms with Gasteiger partial charge >= 0.3 is 0 Å². The number of aliphatic hydroxyl groups is 2. The largest absolute Gasteiger partial charge is 0.394 e. The molecule has 0 aliphatic carbocycles. The van der Waals surface area contributed by atoms with E-state index in [0.717, 1.165) is 64.2 Å². The van der Waals surface area contributed by atoms with E-state index >= 15 is 0 Å². The Labute approximate surface area is 298 Å². The van der Waals surface area contributed by atoms with E-state index in [4.69, 9.17) is 0 Å². The van der Waals surface area contributed by atoms with E-state index in [1.54, 1.807) is 6.08 Å². The summed E-state index contributed by atoms with van der Waals surface area (Å²) in [4.78, 5) is 12.3. The van der Waals surface area contributed by atoms with Crippen molar-refractivity contribution < 1.29 is 15.0 Å². The minimum Gasteiger partial charge on any atom is -0.394 e. The third-order valence-electron chi connectivity index (χ3n) is 8.98. The fourth-order valence-electron chi connectivity index (χ4n) is 5.85. The van der Waals surface area contributed by atoms with E-state index in [-0.39, 0.29) is 12.5 Å². The number of rotatable bonds is 36. The van der Waals surface area contributed by atoms with Gasteiger partial charge in [-0.1, -0.05) is 184 Å². The highest BCUT2D eigenvalue weighted by atomic mass is 16.3.